The van der Waals surface area contributed by atoms with Crippen LogP contribution in [-0.4, -0.2) is 13.1 Å². The van der Waals surface area contributed by atoms with E-state index in [4.69, 9.17) is 4.74 Å². The normalized spacial score (nSPS) is 13.3. The maximum absolute atomic E-state index is 13.9. The van der Waals surface area contributed by atoms with Gasteiger partial charge >= 0.3 is 5.97 Å². The lowest BCUT2D eigenvalue weighted by Crippen LogP contribution is -2.41. The molecule has 0 spiro atoms. The van der Waals surface area contributed by atoms with Crippen LogP contribution >= 0.6 is 15.9 Å². The van der Waals surface area contributed by atoms with Crippen molar-refractivity contribution >= 4 is 27.6 Å². The van der Waals surface area contributed by atoms with Crippen molar-refractivity contribution in [3.63, 3.8) is 0 Å². The summed E-state index contributed by atoms with van der Waals surface area (Å²) in [6.07, 6.45) is 0. The Hall–Kier alpha value is -1.88. The van der Waals surface area contributed by atoms with Gasteiger partial charge in [0.2, 0.25) is 0 Å². The van der Waals surface area contributed by atoms with Crippen LogP contribution in [0.5, 0.6) is 0 Å². The second-order valence-electron chi connectivity index (χ2n) is 4.73. The van der Waals surface area contributed by atoms with E-state index in [2.05, 4.69) is 21.2 Å². The van der Waals surface area contributed by atoms with Gasteiger partial charge in [0.1, 0.15) is 5.82 Å². The number of carbonyl (C=O) groups is 1. The molecule has 0 aliphatic heterocycles. The van der Waals surface area contributed by atoms with Crippen LogP contribution in [0.15, 0.2) is 53.0 Å². The van der Waals surface area contributed by atoms with E-state index in [0.717, 1.165) is 4.47 Å². The van der Waals surface area contributed by atoms with Gasteiger partial charge in [0, 0.05) is 4.47 Å². The van der Waals surface area contributed by atoms with Gasteiger partial charge in [-0.3, -0.25) is 0 Å². The summed E-state index contributed by atoms with van der Waals surface area (Å²) in [5.74, 6) is -0.925. The van der Waals surface area contributed by atoms with Crippen LogP contribution in [0.2, 0.25) is 0 Å². The van der Waals surface area contributed by atoms with E-state index in [1.54, 1.807) is 37.3 Å². The number of rotatable bonds is 4. The average molecular weight is 352 g/mol. The highest BCUT2D eigenvalue weighted by molar-refractivity contribution is 9.10. The molecule has 0 radical (unpaired) electrons. The first-order valence-electron chi connectivity index (χ1n) is 6.34. The highest BCUT2D eigenvalue weighted by Gasteiger charge is 2.37. The Morgan fingerprint density at radius 3 is 2.57 bits per heavy atom. The largest absolute Gasteiger partial charge is 0.467 e. The van der Waals surface area contributed by atoms with Gasteiger partial charge in [-0.15, -0.1) is 0 Å². The van der Waals surface area contributed by atoms with E-state index >= 15 is 0 Å². The molecule has 0 fully saturated rings. The number of nitrogens with one attached hydrogen (secondary N) is 1. The van der Waals surface area contributed by atoms with Gasteiger partial charge in [-0.1, -0.05) is 40.2 Å². The molecule has 5 heteroatoms. The number of ether oxygens (including phenoxy) is 1. The maximum Gasteiger partial charge on any atom is 0.335 e. The molecule has 2 rings (SSSR count). The molecule has 0 amide bonds. The first kappa shape index (κ1) is 15.5. The summed E-state index contributed by atoms with van der Waals surface area (Å²) < 4.78 is 19.6. The predicted molar refractivity (Wildman–Crippen MR) is 83.5 cm³/mol. The number of hydrogen-bond donors (Lipinski definition) is 1. The van der Waals surface area contributed by atoms with Crippen LogP contribution in [0.25, 0.3) is 0 Å². The van der Waals surface area contributed by atoms with Gasteiger partial charge in [-0.25, -0.2) is 9.18 Å². The van der Waals surface area contributed by atoms with Crippen molar-refractivity contribution in [2.45, 2.75) is 12.5 Å². The molecule has 1 atom stereocenters. The van der Waals surface area contributed by atoms with Crippen molar-refractivity contribution in [1.29, 1.82) is 0 Å². The van der Waals surface area contributed by atoms with Gasteiger partial charge in [-0.05, 0) is 36.8 Å². The molecule has 0 heterocycles. The zero-order valence-corrected chi connectivity index (χ0v) is 13.3. The summed E-state index contributed by atoms with van der Waals surface area (Å²) in [7, 11) is 1.31. The summed E-state index contributed by atoms with van der Waals surface area (Å²) >= 11 is 3.37. The second-order valence-corrected chi connectivity index (χ2v) is 5.65. The first-order valence-corrected chi connectivity index (χ1v) is 7.14. The Morgan fingerprint density at radius 2 is 1.95 bits per heavy atom. The number of benzene rings is 2. The lowest BCUT2D eigenvalue weighted by molar-refractivity contribution is -0.145. The van der Waals surface area contributed by atoms with Gasteiger partial charge in [0.25, 0.3) is 0 Å². The Morgan fingerprint density at radius 1 is 1.24 bits per heavy atom. The van der Waals surface area contributed by atoms with E-state index in [9.17, 15) is 9.18 Å². The van der Waals surface area contributed by atoms with Gasteiger partial charge in [0.05, 0.1) is 12.8 Å². The van der Waals surface area contributed by atoms with E-state index in [-0.39, 0.29) is 5.69 Å². The number of anilines is 1. The molecule has 0 aliphatic rings. The molecule has 2 aromatic carbocycles. The van der Waals surface area contributed by atoms with E-state index < -0.39 is 17.3 Å². The summed E-state index contributed by atoms with van der Waals surface area (Å²) in [5, 5.41) is 2.95. The van der Waals surface area contributed by atoms with Gasteiger partial charge in [-0.2, -0.15) is 0 Å². The number of halogens is 2. The number of methoxy groups -OCH3 is 1. The third kappa shape index (κ3) is 3.24. The van der Waals surface area contributed by atoms with Crippen molar-refractivity contribution in [3.8, 4) is 0 Å². The third-order valence-corrected chi connectivity index (χ3v) is 3.75. The standard InChI is InChI=1S/C16H15BrFNO2/c1-16(15(20)21-2,11-6-5-7-12(17)10-11)19-14-9-4-3-8-13(14)18/h3-10,19H,1-2H3. The fourth-order valence-electron chi connectivity index (χ4n) is 2.08. The fraction of sp³-hybridized carbons (Fsp3) is 0.188. The van der Waals surface area contributed by atoms with Crippen LogP contribution in [0.4, 0.5) is 10.1 Å². The Labute approximate surface area is 131 Å². The quantitative estimate of drug-likeness (QED) is 0.843. The Balaban J connectivity index is 2.48. The Bertz CT molecular complexity index is 662. The van der Waals surface area contributed by atoms with Crippen LogP contribution in [0, 0.1) is 5.82 Å². The predicted octanol–water partition coefficient (Wildman–Crippen LogP) is 4.09. The molecule has 21 heavy (non-hydrogen) atoms. The Kier molecular flexibility index (Phi) is 4.63. The maximum atomic E-state index is 13.9. The van der Waals surface area contributed by atoms with Crippen molar-refractivity contribution in [2.24, 2.45) is 0 Å². The molecule has 1 unspecified atom stereocenters. The smallest absolute Gasteiger partial charge is 0.335 e. The van der Waals surface area contributed by atoms with Crippen LogP contribution in [0.1, 0.15) is 12.5 Å². The average Bonchev–Trinajstić information content (AvgIpc) is 2.48. The summed E-state index contributed by atoms with van der Waals surface area (Å²) in [6.45, 7) is 1.66. The minimum absolute atomic E-state index is 0.241. The number of esters is 1. The van der Waals surface area contributed by atoms with E-state index in [1.165, 1.54) is 13.2 Å². The molecule has 0 aromatic heterocycles. The highest BCUT2D eigenvalue weighted by atomic mass is 79.9. The fourth-order valence-corrected chi connectivity index (χ4v) is 2.48. The van der Waals surface area contributed by atoms with Gasteiger partial charge in [0.15, 0.2) is 5.54 Å². The zero-order chi connectivity index (χ0) is 15.5. The molecule has 0 aliphatic carbocycles. The second kappa shape index (κ2) is 6.26. The lowest BCUT2D eigenvalue weighted by atomic mass is 9.91. The van der Waals surface area contributed by atoms with Crippen LogP contribution in [0.3, 0.4) is 0 Å². The van der Waals surface area contributed by atoms with Crippen LogP contribution < -0.4 is 5.32 Å². The summed E-state index contributed by atoms with van der Waals surface area (Å²) in [5.41, 5.74) is -0.280. The third-order valence-electron chi connectivity index (χ3n) is 3.25. The molecule has 3 nitrogen and oxygen atoms in total. The molecule has 1 N–H and O–H groups in total. The number of para-hydroxylation sites is 1. The minimum Gasteiger partial charge on any atom is -0.467 e. The summed E-state index contributed by atoms with van der Waals surface area (Å²) in [6, 6.07) is 13.4. The van der Waals surface area contributed by atoms with E-state index in [1.807, 2.05) is 12.1 Å². The highest BCUT2D eigenvalue weighted by Crippen LogP contribution is 2.30. The van der Waals surface area contributed by atoms with Crippen molar-refractivity contribution in [2.75, 3.05) is 12.4 Å². The zero-order valence-electron chi connectivity index (χ0n) is 11.7. The van der Waals surface area contributed by atoms with Crippen molar-refractivity contribution in [1.82, 2.24) is 0 Å². The molecule has 0 saturated carbocycles. The minimum atomic E-state index is -1.19. The number of hydrogen-bond acceptors (Lipinski definition) is 3. The first-order chi connectivity index (χ1) is 9.97. The molecule has 110 valence electrons. The molecule has 0 saturated heterocycles. The topological polar surface area (TPSA) is 38.3 Å². The van der Waals surface area contributed by atoms with E-state index in [0.29, 0.717) is 5.56 Å². The SMILES string of the molecule is COC(=O)C(C)(Nc1ccccc1F)c1cccc(Br)c1. The number of carbonyl (C=O) groups excluding carboxylic acids is 1. The lowest BCUT2D eigenvalue weighted by Gasteiger charge is -2.30. The monoisotopic (exact) mass is 351 g/mol. The van der Waals surface area contributed by atoms with Gasteiger partial charge < -0.3 is 10.1 Å². The molecular formula is C16H15BrFNO2. The molecule has 0 bridgehead atoms. The summed E-state index contributed by atoms with van der Waals surface area (Å²) in [4.78, 5) is 12.2. The van der Waals surface area contributed by atoms with Crippen molar-refractivity contribution in [3.05, 3.63) is 64.4 Å². The van der Waals surface area contributed by atoms with Crippen molar-refractivity contribution < 1.29 is 13.9 Å². The molecular weight excluding hydrogens is 337 g/mol. The van der Waals surface area contributed by atoms with Crippen LogP contribution in [-0.2, 0) is 15.1 Å². The molecule has 2 aromatic rings.